The monoisotopic (exact) mass is 337 g/mol. The summed E-state index contributed by atoms with van der Waals surface area (Å²) in [5.74, 6) is 0.797. The summed E-state index contributed by atoms with van der Waals surface area (Å²) in [4.78, 5) is 1.45. The summed E-state index contributed by atoms with van der Waals surface area (Å²) in [6, 6.07) is 26.5. The van der Waals surface area contributed by atoms with Crippen LogP contribution in [0.25, 0.3) is 0 Å². The Morgan fingerprint density at radius 3 is 1.75 bits per heavy atom. The molecule has 0 radical (unpaired) electrons. The Kier molecular flexibility index (Phi) is 4.96. The van der Waals surface area contributed by atoms with E-state index in [0.29, 0.717) is 6.54 Å². The number of ether oxygens (including phenoxy) is 1. The molecule has 3 rings (SSSR count). The molecule has 0 fully saturated rings. The van der Waals surface area contributed by atoms with Gasteiger partial charge in [-0.15, -0.1) is 0 Å². The van der Waals surface area contributed by atoms with Crippen LogP contribution in [0.2, 0.25) is 0 Å². The van der Waals surface area contributed by atoms with Crippen LogP contribution in [-0.4, -0.2) is 11.3 Å². The first-order chi connectivity index (χ1) is 11.7. The normalized spacial score (nSPS) is 11.0. The first-order valence-corrected chi connectivity index (χ1v) is 9.20. The van der Waals surface area contributed by atoms with Gasteiger partial charge in [0.05, 0.1) is 23.4 Å². The van der Waals surface area contributed by atoms with Crippen LogP contribution in [0.5, 0.6) is 5.75 Å². The highest BCUT2D eigenvalue weighted by Gasteiger charge is 2.15. The number of methoxy groups -OCH3 is 1. The first-order valence-electron chi connectivity index (χ1n) is 7.68. The van der Waals surface area contributed by atoms with E-state index in [-0.39, 0.29) is 0 Å². The minimum atomic E-state index is -2.67. The molecule has 0 heterocycles. The predicted octanol–water partition coefficient (Wildman–Crippen LogP) is 4.78. The molecule has 24 heavy (non-hydrogen) atoms. The van der Waals surface area contributed by atoms with Crippen molar-refractivity contribution in [1.82, 2.24) is 0 Å². The number of rotatable bonds is 5. The largest absolute Gasteiger partial charge is 0.497 e. The number of hydrogen-bond donors (Lipinski definition) is 0. The molecule has 0 saturated heterocycles. The number of hydrogen-bond acceptors (Lipinski definition) is 3. The molecule has 0 aliphatic rings. The number of benzene rings is 3. The fourth-order valence-electron chi connectivity index (χ4n) is 2.39. The van der Waals surface area contributed by atoms with E-state index in [0.717, 1.165) is 21.1 Å². The summed E-state index contributed by atoms with van der Waals surface area (Å²) in [6.07, 6.45) is 0. The fourth-order valence-corrected chi connectivity index (χ4v) is 4.34. The molecular formula is C20H19NO2S. The van der Waals surface area contributed by atoms with Crippen LogP contribution < -0.4 is 4.74 Å². The van der Waals surface area contributed by atoms with Gasteiger partial charge in [-0.25, -0.2) is 8.57 Å². The standard InChI is InChI=1S/C20H19NO2S/c1-23-18-14-12-17(13-15-18)16-21-24(22,19-8-4-2-5-9-19)20-10-6-3-7-11-20/h2-15H,16H2,1H3. The van der Waals surface area contributed by atoms with Crippen molar-refractivity contribution < 1.29 is 8.95 Å². The van der Waals surface area contributed by atoms with Crippen LogP contribution in [-0.2, 0) is 16.3 Å². The minimum Gasteiger partial charge on any atom is -0.497 e. The third kappa shape index (κ3) is 3.49. The molecular weight excluding hydrogens is 318 g/mol. The molecule has 4 heteroatoms. The molecule has 0 saturated carbocycles. The van der Waals surface area contributed by atoms with Gasteiger partial charge in [-0.3, -0.25) is 0 Å². The lowest BCUT2D eigenvalue weighted by molar-refractivity contribution is 0.414. The molecule has 0 spiro atoms. The first kappa shape index (κ1) is 16.3. The maximum absolute atomic E-state index is 13.7. The molecule has 3 nitrogen and oxygen atoms in total. The minimum absolute atomic E-state index is 0.382. The van der Waals surface area contributed by atoms with Crippen molar-refractivity contribution in [1.29, 1.82) is 0 Å². The Hall–Kier alpha value is -2.59. The molecule has 0 aliphatic heterocycles. The average molecular weight is 337 g/mol. The van der Waals surface area contributed by atoms with Gasteiger partial charge in [-0.1, -0.05) is 48.5 Å². The lowest BCUT2D eigenvalue weighted by atomic mass is 10.2. The van der Waals surface area contributed by atoms with Crippen LogP contribution in [0.3, 0.4) is 0 Å². The molecule has 0 aromatic heterocycles. The smallest absolute Gasteiger partial charge is 0.118 e. The van der Waals surface area contributed by atoms with Crippen molar-refractivity contribution in [3.05, 3.63) is 90.5 Å². The third-order valence-electron chi connectivity index (χ3n) is 3.71. The summed E-state index contributed by atoms with van der Waals surface area (Å²) in [7, 11) is -1.03. The topological polar surface area (TPSA) is 38.7 Å². The predicted molar refractivity (Wildman–Crippen MR) is 96.7 cm³/mol. The summed E-state index contributed by atoms with van der Waals surface area (Å²) in [5.41, 5.74) is 0.996. The van der Waals surface area contributed by atoms with E-state index in [4.69, 9.17) is 4.74 Å². The highest BCUT2D eigenvalue weighted by molar-refractivity contribution is 7.93. The van der Waals surface area contributed by atoms with Crippen molar-refractivity contribution >= 4 is 9.73 Å². The maximum atomic E-state index is 13.7. The van der Waals surface area contributed by atoms with E-state index < -0.39 is 9.73 Å². The van der Waals surface area contributed by atoms with E-state index in [2.05, 4.69) is 4.36 Å². The summed E-state index contributed by atoms with van der Waals surface area (Å²) >= 11 is 0. The van der Waals surface area contributed by atoms with Gasteiger partial charge in [-0.2, -0.15) is 0 Å². The van der Waals surface area contributed by atoms with Crippen molar-refractivity contribution in [2.75, 3.05) is 7.11 Å². The van der Waals surface area contributed by atoms with Crippen molar-refractivity contribution in [2.45, 2.75) is 16.3 Å². The molecule has 3 aromatic carbocycles. The second-order valence-corrected chi connectivity index (χ2v) is 7.54. The Morgan fingerprint density at radius 2 is 1.29 bits per heavy atom. The quantitative estimate of drug-likeness (QED) is 0.672. The molecule has 0 bridgehead atoms. The third-order valence-corrected chi connectivity index (χ3v) is 6.03. The van der Waals surface area contributed by atoms with Gasteiger partial charge < -0.3 is 4.74 Å². The van der Waals surface area contributed by atoms with E-state index in [1.807, 2.05) is 84.9 Å². The van der Waals surface area contributed by atoms with Gasteiger partial charge >= 0.3 is 0 Å². The van der Waals surface area contributed by atoms with Crippen LogP contribution in [0.15, 0.2) is 99.1 Å². The molecule has 0 unspecified atom stereocenters. The molecule has 0 aliphatic carbocycles. The van der Waals surface area contributed by atoms with Gasteiger partial charge in [0.2, 0.25) is 0 Å². The lowest BCUT2D eigenvalue weighted by Gasteiger charge is -2.11. The Morgan fingerprint density at radius 1 is 0.792 bits per heavy atom. The van der Waals surface area contributed by atoms with Gasteiger partial charge in [-0.05, 0) is 42.0 Å². The summed E-state index contributed by atoms with van der Waals surface area (Å²) in [5, 5.41) is 0. The van der Waals surface area contributed by atoms with E-state index in [9.17, 15) is 4.21 Å². The van der Waals surface area contributed by atoms with Gasteiger partial charge in [0, 0.05) is 0 Å². The lowest BCUT2D eigenvalue weighted by Crippen LogP contribution is -2.02. The average Bonchev–Trinajstić information content (AvgIpc) is 2.68. The Labute approximate surface area is 143 Å². The molecule has 0 N–H and O–H groups in total. The second kappa shape index (κ2) is 7.32. The second-order valence-electron chi connectivity index (χ2n) is 5.29. The van der Waals surface area contributed by atoms with Crippen molar-refractivity contribution in [3.63, 3.8) is 0 Å². The van der Waals surface area contributed by atoms with Gasteiger partial charge in [0.1, 0.15) is 15.5 Å². The summed E-state index contributed by atoms with van der Waals surface area (Å²) in [6.45, 7) is 0.382. The van der Waals surface area contributed by atoms with Crippen molar-refractivity contribution in [3.8, 4) is 5.75 Å². The van der Waals surface area contributed by atoms with E-state index in [1.54, 1.807) is 7.11 Å². The van der Waals surface area contributed by atoms with Crippen molar-refractivity contribution in [2.24, 2.45) is 4.36 Å². The van der Waals surface area contributed by atoms with Crippen LogP contribution in [0, 0.1) is 0 Å². The zero-order valence-corrected chi connectivity index (χ0v) is 14.3. The van der Waals surface area contributed by atoms with Crippen LogP contribution in [0.1, 0.15) is 5.56 Å². The van der Waals surface area contributed by atoms with Crippen LogP contribution in [0.4, 0.5) is 0 Å². The van der Waals surface area contributed by atoms with E-state index >= 15 is 0 Å². The molecule has 0 atom stereocenters. The van der Waals surface area contributed by atoms with Gasteiger partial charge in [0.15, 0.2) is 0 Å². The summed E-state index contributed by atoms with van der Waals surface area (Å²) < 4.78 is 23.5. The Balaban J connectivity index is 2.03. The fraction of sp³-hybridized carbons (Fsp3) is 0.100. The van der Waals surface area contributed by atoms with Gasteiger partial charge in [0.25, 0.3) is 0 Å². The van der Waals surface area contributed by atoms with E-state index in [1.165, 1.54) is 0 Å². The highest BCUT2D eigenvalue weighted by atomic mass is 32.2. The molecule has 3 aromatic rings. The molecule has 122 valence electrons. The van der Waals surface area contributed by atoms with Crippen LogP contribution >= 0.6 is 0 Å². The Bertz CT molecular complexity index is 852. The number of nitrogens with zero attached hydrogens (tertiary/aromatic N) is 1. The SMILES string of the molecule is COc1ccc(CN=S(=O)(c2ccccc2)c2ccccc2)cc1. The maximum Gasteiger partial charge on any atom is 0.118 e. The highest BCUT2D eigenvalue weighted by Crippen LogP contribution is 2.24. The zero-order valence-electron chi connectivity index (χ0n) is 13.5. The molecule has 0 amide bonds. The zero-order chi connectivity index (χ0) is 16.8.